The molecule has 2 fully saturated rings. The van der Waals surface area contributed by atoms with Crippen LogP contribution < -0.4 is 10.1 Å². The van der Waals surface area contributed by atoms with Gasteiger partial charge >= 0.3 is 0 Å². The molecule has 2 aromatic rings. The number of carbonyl (C=O) groups excluding carboxylic acids is 1. The van der Waals surface area contributed by atoms with Gasteiger partial charge in [-0.05, 0) is 68.3 Å². The Bertz CT molecular complexity index is 774. The second kappa shape index (κ2) is 8.78. The van der Waals surface area contributed by atoms with Gasteiger partial charge in [0.2, 0.25) is 0 Å². The number of nitrogens with zero attached hydrogens (tertiary/aromatic N) is 3. The molecule has 1 saturated carbocycles. The molecule has 0 bridgehead atoms. The average molecular weight is 383 g/mol. The SMILES string of the molecule is Cn1cc(C(=O)NCC2CCN(Cc3ccc(OCC4CC4)cc3)CC2)cn1. The number of aryl methyl sites for hydroxylation is 1. The van der Waals surface area contributed by atoms with Crippen LogP contribution in [0.3, 0.4) is 0 Å². The Balaban J connectivity index is 1.16. The number of hydrogen-bond donors (Lipinski definition) is 1. The summed E-state index contributed by atoms with van der Waals surface area (Å²) in [5, 5.41) is 7.10. The number of carbonyl (C=O) groups is 1. The maximum Gasteiger partial charge on any atom is 0.254 e. The summed E-state index contributed by atoms with van der Waals surface area (Å²) in [5.41, 5.74) is 1.96. The summed E-state index contributed by atoms with van der Waals surface area (Å²) in [6.07, 6.45) is 8.24. The summed E-state index contributed by atoms with van der Waals surface area (Å²) >= 11 is 0. The fourth-order valence-electron chi connectivity index (χ4n) is 3.67. The highest BCUT2D eigenvalue weighted by atomic mass is 16.5. The Morgan fingerprint density at radius 1 is 1.14 bits per heavy atom. The Hall–Kier alpha value is -2.34. The minimum absolute atomic E-state index is 0.0282. The molecule has 28 heavy (non-hydrogen) atoms. The maximum atomic E-state index is 12.1. The van der Waals surface area contributed by atoms with E-state index in [2.05, 4.69) is 39.6 Å². The Kier molecular flexibility index (Phi) is 5.95. The van der Waals surface area contributed by atoms with Crippen molar-refractivity contribution in [1.82, 2.24) is 20.0 Å². The molecule has 0 unspecified atom stereocenters. The summed E-state index contributed by atoms with van der Waals surface area (Å²) < 4.78 is 7.47. The number of rotatable bonds is 8. The molecule has 0 radical (unpaired) electrons. The van der Waals surface area contributed by atoms with E-state index in [9.17, 15) is 4.79 Å². The number of piperidine rings is 1. The van der Waals surface area contributed by atoms with Crippen molar-refractivity contribution in [3.63, 3.8) is 0 Å². The molecule has 1 amide bonds. The zero-order valence-electron chi connectivity index (χ0n) is 16.6. The first-order valence-corrected chi connectivity index (χ1v) is 10.4. The molecule has 1 N–H and O–H groups in total. The van der Waals surface area contributed by atoms with Crippen molar-refractivity contribution in [1.29, 1.82) is 0 Å². The van der Waals surface area contributed by atoms with E-state index < -0.39 is 0 Å². The quantitative estimate of drug-likeness (QED) is 0.763. The number of amides is 1. The number of likely N-dealkylation sites (tertiary alicyclic amines) is 1. The molecule has 6 heteroatoms. The number of nitrogens with one attached hydrogen (secondary N) is 1. The number of ether oxygens (including phenoxy) is 1. The first-order chi connectivity index (χ1) is 13.7. The van der Waals surface area contributed by atoms with Crippen molar-refractivity contribution in [3.8, 4) is 5.75 Å². The van der Waals surface area contributed by atoms with Crippen molar-refractivity contribution in [2.45, 2.75) is 32.2 Å². The molecule has 2 aliphatic rings. The highest BCUT2D eigenvalue weighted by molar-refractivity contribution is 5.93. The predicted octanol–water partition coefficient (Wildman–Crippen LogP) is 2.85. The lowest BCUT2D eigenvalue weighted by Crippen LogP contribution is -2.38. The van der Waals surface area contributed by atoms with Gasteiger partial charge in [-0.3, -0.25) is 14.4 Å². The first-order valence-electron chi connectivity index (χ1n) is 10.4. The van der Waals surface area contributed by atoms with Crippen LogP contribution >= 0.6 is 0 Å². The largest absolute Gasteiger partial charge is 0.493 e. The summed E-state index contributed by atoms with van der Waals surface area (Å²) in [6, 6.07) is 8.56. The van der Waals surface area contributed by atoms with Crippen molar-refractivity contribution < 1.29 is 9.53 Å². The van der Waals surface area contributed by atoms with Crippen LogP contribution in [0.2, 0.25) is 0 Å². The molecule has 1 aromatic carbocycles. The number of hydrogen-bond acceptors (Lipinski definition) is 4. The van der Waals surface area contributed by atoms with Gasteiger partial charge in [-0.15, -0.1) is 0 Å². The first kappa shape index (κ1) is 19.0. The lowest BCUT2D eigenvalue weighted by molar-refractivity contribution is 0.0935. The minimum atomic E-state index is -0.0282. The van der Waals surface area contributed by atoms with Crippen LogP contribution in [0.5, 0.6) is 5.75 Å². The van der Waals surface area contributed by atoms with E-state index >= 15 is 0 Å². The average Bonchev–Trinajstić information content (AvgIpc) is 3.45. The second-order valence-corrected chi connectivity index (χ2v) is 8.23. The molecule has 2 heterocycles. The third-order valence-corrected chi connectivity index (χ3v) is 5.74. The normalized spacial score (nSPS) is 18.2. The Labute approximate surface area is 166 Å². The van der Waals surface area contributed by atoms with Crippen LogP contribution in [-0.4, -0.2) is 46.8 Å². The highest BCUT2D eigenvalue weighted by Crippen LogP contribution is 2.29. The van der Waals surface area contributed by atoms with Gasteiger partial charge < -0.3 is 10.1 Å². The smallest absolute Gasteiger partial charge is 0.254 e. The molecule has 1 aliphatic heterocycles. The Morgan fingerprint density at radius 3 is 2.54 bits per heavy atom. The van der Waals surface area contributed by atoms with Gasteiger partial charge in [-0.1, -0.05) is 12.1 Å². The van der Waals surface area contributed by atoms with Gasteiger partial charge in [0.25, 0.3) is 5.91 Å². The van der Waals surface area contributed by atoms with E-state index in [1.807, 2.05) is 7.05 Å². The fraction of sp³-hybridized carbons (Fsp3) is 0.545. The molecule has 0 atom stereocenters. The van der Waals surface area contributed by atoms with Crippen molar-refractivity contribution in [2.75, 3.05) is 26.2 Å². The van der Waals surface area contributed by atoms with Crippen LogP contribution in [0.15, 0.2) is 36.7 Å². The van der Waals surface area contributed by atoms with Gasteiger partial charge in [0.1, 0.15) is 5.75 Å². The van der Waals surface area contributed by atoms with E-state index in [0.717, 1.165) is 57.3 Å². The summed E-state index contributed by atoms with van der Waals surface area (Å²) in [4.78, 5) is 14.6. The van der Waals surface area contributed by atoms with E-state index in [1.54, 1.807) is 17.1 Å². The summed E-state index contributed by atoms with van der Waals surface area (Å²) in [6.45, 7) is 4.75. The van der Waals surface area contributed by atoms with Gasteiger partial charge in [0.15, 0.2) is 0 Å². The second-order valence-electron chi connectivity index (χ2n) is 8.23. The third kappa shape index (κ3) is 5.35. The third-order valence-electron chi connectivity index (χ3n) is 5.74. The van der Waals surface area contributed by atoms with Crippen LogP contribution in [0, 0.1) is 11.8 Å². The molecular weight excluding hydrogens is 352 g/mol. The zero-order chi connectivity index (χ0) is 19.3. The fourth-order valence-corrected chi connectivity index (χ4v) is 3.67. The molecular formula is C22H30N4O2. The minimum Gasteiger partial charge on any atom is -0.493 e. The molecule has 1 aliphatic carbocycles. The van der Waals surface area contributed by atoms with E-state index in [0.29, 0.717) is 11.5 Å². The van der Waals surface area contributed by atoms with Crippen molar-refractivity contribution in [2.24, 2.45) is 18.9 Å². The molecule has 0 spiro atoms. The Morgan fingerprint density at radius 2 is 1.89 bits per heavy atom. The van der Waals surface area contributed by atoms with Crippen molar-refractivity contribution >= 4 is 5.91 Å². The maximum absolute atomic E-state index is 12.1. The standard InChI is InChI=1S/C22H30N4O2/c1-25-15-20(13-24-25)22(27)23-12-17-8-10-26(11-9-17)14-18-4-6-21(7-5-18)28-16-19-2-3-19/h4-7,13,15,17,19H,2-3,8-12,14,16H2,1H3,(H,23,27). The van der Waals surface area contributed by atoms with Gasteiger partial charge in [-0.25, -0.2) is 0 Å². The topological polar surface area (TPSA) is 59.4 Å². The molecule has 1 aromatic heterocycles. The zero-order valence-corrected chi connectivity index (χ0v) is 16.6. The van der Waals surface area contributed by atoms with Crippen LogP contribution in [0.4, 0.5) is 0 Å². The predicted molar refractivity (Wildman–Crippen MR) is 108 cm³/mol. The van der Waals surface area contributed by atoms with Crippen LogP contribution in [-0.2, 0) is 13.6 Å². The van der Waals surface area contributed by atoms with Gasteiger partial charge in [-0.2, -0.15) is 5.10 Å². The molecule has 1 saturated heterocycles. The summed E-state index contributed by atoms with van der Waals surface area (Å²) in [5.74, 6) is 2.29. The lowest BCUT2D eigenvalue weighted by atomic mass is 9.96. The van der Waals surface area contributed by atoms with E-state index in [-0.39, 0.29) is 5.91 Å². The highest BCUT2D eigenvalue weighted by Gasteiger charge is 2.22. The van der Waals surface area contributed by atoms with Crippen LogP contribution in [0.1, 0.15) is 41.6 Å². The molecule has 150 valence electrons. The summed E-state index contributed by atoms with van der Waals surface area (Å²) in [7, 11) is 1.82. The monoisotopic (exact) mass is 382 g/mol. The van der Waals surface area contributed by atoms with Crippen LogP contribution in [0.25, 0.3) is 0 Å². The van der Waals surface area contributed by atoms with E-state index in [4.69, 9.17) is 4.74 Å². The van der Waals surface area contributed by atoms with Gasteiger partial charge in [0.05, 0.1) is 18.4 Å². The lowest BCUT2D eigenvalue weighted by Gasteiger charge is -2.32. The number of aromatic nitrogens is 2. The molecule has 6 nitrogen and oxygen atoms in total. The number of benzene rings is 1. The molecule has 4 rings (SSSR count). The van der Waals surface area contributed by atoms with E-state index in [1.165, 1.54) is 18.4 Å². The van der Waals surface area contributed by atoms with Gasteiger partial charge in [0, 0.05) is 26.3 Å². The van der Waals surface area contributed by atoms with Crippen molar-refractivity contribution in [3.05, 3.63) is 47.8 Å².